The Kier molecular flexibility index (Phi) is 2.72. The lowest BCUT2D eigenvalue weighted by Gasteiger charge is -2.09. The molecule has 1 amide bonds. The summed E-state index contributed by atoms with van der Waals surface area (Å²) in [6.07, 6.45) is 3.34. The summed E-state index contributed by atoms with van der Waals surface area (Å²) in [7, 11) is 0. The van der Waals surface area contributed by atoms with Crippen LogP contribution in [0.1, 0.15) is 6.92 Å². The Bertz CT molecular complexity index is 748. The third-order valence-corrected chi connectivity index (χ3v) is 2.85. The zero-order valence-electron chi connectivity index (χ0n) is 10.3. The molecule has 0 saturated carbocycles. The minimum absolute atomic E-state index is 0.105. The van der Waals surface area contributed by atoms with Crippen molar-refractivity contribution in [1.82, 2.24) is 15.0 Å². The number of carbonyl (C=O) groups excluding carboxylic acids is 1. The molecule has 2 N–H and O–H groups in total. The fraction of sp³-hybridized carbons (Fsp3) is 0.0714. The molecule has 0 aliphatic carbocycles. The van der Waals surface area contributed by atoms with E-state index in [-0.39, 0.29) is 5.91 Å². The van der Waals surface area contributed by atoms with Gasteiger partial charge in [-0.25, -0.2) is 9.97 Å². The van der Waals surface area contributed by atoms with Gasteiger partial charge in [0, 0.05) is 24.1 Å². The average Bonchev–Trinajstić information content (AvgIpc) is 2.87. The van der Waals surface area contributed by atoms with Gasteiger partial charge in [-0.3, -0.25) is 4.79 Å². The Morgan fingerprint density at radius 1 is 1.21 bits per heavy atom. The van der Waals surface area contributed by atoms with Crippen LogP contribution in [0, 0.1) is 0 Å². The molecule has 0 atom stereocenters. The molecule has 19 heavy (non-hydrogen) atoms. The molecule has 0 spiro atoms. The first-order valence-corrected chi connectivity index (χ1v) is 5.91. The maximum absolute atomic E-state index is 11.3. The van der Waals surface area contributed by atoms with Gasteiger partial charge in [0.2, 0.25) is 5.91 Å². The number of carbonyl (C=O) groups is 1. The van der Waals surface area contributed by atoms with Crippen LogP contribution >= 0.6 is 0 Å². The van der Waals surface area contributed by atoms with Crippen LogP contribution in [-0.2, 0) is 4.79 Å². The van der Waals surface area contributed by atoms with Crippen LogP contribution in [0.25, 0.3) is 22.3 Å². The predicted molar refractivity (Wildman–Crippen MR) is 73.6 cm³/mol. The van der Waals surface area contributed by atoms with E-state index in [1.807, 2.05) is 36.5 Å². The Hall–Kier alpha value is -2.69. The number of anilines is 1. The van der Waals surface area contributed by atoms with Crippen molar-refractivity contribution in [1.29, 1.82) is 0 Å². The molecule has 3 aromatic rings. The SMILES string of the molecule is CC(=O)Nc1ccccc1-c1ncnc2[nH]ccc12. The number of aromatic amines is 1. The van der Waals surface area contributed by atoms with Crippen LogP contribution in [0.4, 0.5) is 5.69 Å². The molecule has 1 aromatic carbocycles. The Labute approximate surface area is 109 Å². The second-order valence-electron chi connectivity index (χ2n) is 4.19. The van der Waals surface area contributed by atoms with Gasteiger partial charge in [-0.2, -0.15) is 0 Å². The Morgan fingerprint density at radius 3 is 2.89 bits per heavy atom. The lowest BCUT2D eigenvalue weighted by Crippen LogP contribution is -2.07. The molecule has 94 valence electrons. The fourth-order valence-electron chi connectivity index (χ4n) is 2.08. The van der Waals surface area contributed by atoms with E-state index in [2.05, 4.69) is 20.3 Å². The molecule has 0 radical (unpaired) electrons. The lowest BCUT2D eigenvalue weighted by atomic mass is 10.1. The van der Waals surface area contributed by atoms with E-state index >= 15 is 0 Å². The van der Waals surface area contributed by atoms with Crippen LogP contribution in [0.5, 0.6) is 0 Å². The number of hydrogen-bond acceptors (Lipinski definition) is 3. The fourth-order valence-corrected chi connectivity index (χ4v) is 2.08. The highest BCUT2D eigenvalue weighted by molar-refractivity contribution is 5.98. The van der Waals surface area contributed by atoms with Crippen molar-refractivity contribution in [3.63, 3.8) is 0 Å². The van der Waals surface area contributed by atoms with Gasteiger partial charge in [0.05, 0.1) is 11.4 Å². The maximum atomic E-state index is 11.3. The van der Waals surface area contributed by atoms with Crippen LogP contribution in [-0.4, -0.2) is 20.9 Å². The van der Waals surface area contributed by atoms with E-state index in [4.69, 9.17) is 0 Å². The van der Waals surface area contributed by atoms with Gasteiger partial charge < -0.3 is 10.3 Å². The molecule has 0 aliphatic heterocycles. The molecular formula is C14H12N4O. The number of benzene rings is 1. The standard InChI is InChI=1S/C14H12N4O/c1-9(19)18-12-5-3-2-4-10(12)13-11-6-7-15-14(11)17-8-16-13/h2-8H,1H3,(H,18,19)(H,15,16,17). The number of nitrogens with one attached hydrogen (secondary N) is 2. The molecule has 5 nitrogen and oxygen atoms in total. The normalized spacial score (nSPS) is 10.6. The first-order valence-electron chi connectivity index (χ1n) is 5.91. The summed E-state index contributed by atoms with van der Waals surface area (Å²) in [4.78, 5) is 22.8. The highest BCUT2D eigenvalue weighted by Crippen LogP contribution is 2.30. The van der Waals surface area contributed by atoms with Gasteiger partial charge >= 0.3 is 0 Å². The quantitative estimate of drug-likeness (QED) is 0.736. The summed E-state index contributed by atoms with van der Waals surface area (Å²) < 4.78 is 0. The van der Waals surface area contributed by atoms with Crippen molar-refractivity contribution in [2.24, 2.45) is 0 Å². The van der Waals surface area contributed by atoms with Crippen LogP contribution in [0.15, 0.2) is 42.9 Å². The van der Waals surface area contributed by atoms with Crippen molar-refractivity contribution in [3.05, 3.63) is 42.9 Å². The summed E-state index contributed by atoms with van der Waals surface area (Å²) in [5.41, 5.74) is 3.21. The molecule has 0 bridgehead atoms. The number of para-hydroxylation sites is 1. The summed E-state index contributed by atoms with van der Waals surface area (Å²) in [6, 6.07) is 9.51. The smallest absolute Gasteiger partial charge is 0.221 e. The maximum Gasteiger partial charge on any atom is 0.221 e. The van der Waals surface area contributed by atoms with E-state index in [1.165, 1.54) is 13.3 Å². The van der Waals surface area contributed by atoms with Crippen LogP contribution < -0.4 is 5.32 Å². The first kappa shape index (κ1) is 11.4. The molecule has 2 aromatic heterocycles. The number of nitrogens with zero attached hydrogens (tertiary/aromatic N) is 2. The first-order chi connectivity index (χ1) is 9.25. The second kappa shape index (κ2) is 4.53. The minimum Gasteiger partial charge on any atom is -0.346 e. The summed E-state index contributed by atoms with van der Waals surface area (Å²) >= 11 is 0. The zero-order chi connectivity index (χ0) is 13.2. The number of hydrogen-bond donors (Lipinski definition) is 2. The molecule has 0 fully saturated rings. The van der Waals surface area contributed by atoms with Crippen LogP contribution in [0.2, 0.25) is 0 Å². The minimum atomic E-state index is -0.105. The Balaban J connectivity index is 2.21. The van der Waals surface area contributed by atoms with E-state index < -0.39 is 0 Å². The average molecular weight is 252 g/mol. The summed E-state index contributed by atoms with van der Waals surface area (Å²) in [6.45, 7) is 1.49. The zero-order valence-corrected chi connectivity index (χ0v) is 10.3. The molecule has 0 unspecified atom stereocenters. The number of H-pyrrole nitrogens is 1. The van der Waals surface area contributed by atoms with Crippen molar-refractivity contribution >= 4 is 22.6 Å². The van der Waals surface area contributed by atoms with Gasteiger partial charge in [-0.1, -0.05) is 18.2 Å². The number of aromatic nitrogens is 3. The van der Waals surface area contributed by atoms with E-state index in [0.717, 1.165) is 28.0 Å². The van der Waals surface area contributed by atoms with Crippen LogP contribution in [0.3, 0.4) is 0 Å². The second-order valence-corrected chi connectivity index (χ2v) is 4.19. The molecule has 3 rings (SSSR count). The van der Waals surface area contributed by atoms with Gasteiger partial charge in [0.15, 0.2) is 0 Å². The highest BCUT2D eigenvalue weighted by Gasteiger charge is 2.11. The lowest BCUT2D eigenvalue weighted by molar-refractivity contribution is -0.114. The number of rotatable bonds is 2. The van der Waals surface area contributed by atoms with Gasteiger partial charge in [-0.15, -0.1) is 0 Å². The predicted octanol–water partition coefficient (Wildman–Crippen LogP) is 2.58. The third-order valence-electron chi connectivity index (χ3n) is 2.85. The summed E-state index contributed by atoms with van der Waals surface area (Å²) in [5.74, 6) is -0.105. The van der Waals surface area contributed by atoms with Crippen molar-refractivity contribution in [2.45, 2.75) is 6.92 Å². The largest absolute Gasteiger partial charge is 0.346 e. The highest BCUT2D eigenvalue weighted by atomic mass is 16.1. The summed E-state index contributed by atoms with van der Waals surface area (Å²) in [5, 5.41) is 3.75. The van der Waals surface area contributed by atoms with Crippen molar-refractivity contribution in [3.8, 4) is 11.3 Å². The molecule has 5 heteroatoms. The number of amides is 1. The Morgan fingerprint density at radius 2 is 2.05 bits per heavy atom. The van der Waals surface area contributed by atoms with Crippen molar-refractivity contribution in [2.75, 3.05) is 5.32 Å². The van der Waals surface area contributed by atoms with Gasteiger partial charge in [-0.05, 0) is 12.1 Å². The molecule has 0 aliphatic rings. The van der Waals surface area contributed by atoms with Crippen molar-refractivity contribution < 1.29 is 4.79 Å². The van der Waals surface area contributed by atoms with E-state index in [1.54, 1.807) is 0 Å². The monoisotopic (exact) mass is 252 g/mol. The topological polar surface area (TPSA) is 70.7 Å². The van der Waals surface area contributed by atoms with Gasteiger partial charge in [0.1, 0.15) is 12.0 Å². The van der Waals surface area contributed by atoms with Gasteiger partial charge in [0.25, 0.3) is 0 Å². The third kappa shape index (κ3) is 2.06. The molecule has 0 saturated heterocycles. The van der Waals surface area contributed by atoms with E-state index in [9.17, 15) is 4.79 Å². The number of fused-ring (bicyclic) bond motifs is 1. The molecular weight excluding hydrogens is 240 g/mol. The van der Waals surface area contributed by atoms with E-state index in [0.29, 0.717) is 0 Å². The molecule has 2 heterocycles.